The highest BCUT2D eigenvalue weighted by Crippen LogP contribution is 2.34. The van der Waals surface area contributed by atoms with Crippen molar-refractivity contribution in [2.75, 3.05) is 40.3 Å². The number of hydrogen-bond acceptors (Lipinski definition) is 6. The zero-order valence-electron chi connectivity index (χ0n) is 23.7. The number of piperazine rings is 1. The Hall–Kier alpha value is -3.30. The highest BCUT2D eigenvalue weighted by atomic mass is 32.1. The first-order valence-corrected chi connectivity index (χ1v) is 15.2. The van der Waals surface area contributed by atoms with E-state index in [1.807, 2.05) is 41.8 Å². The van der Waals surface area contributed by atoms with Crippen molar-refractivity contribution in [2.24, 2.45) is 5.92 Å². The molecule has 40 heavy (non-hydrogen) atoms. The Labute approximate surface area is 240 Å². The summed E-state index contributed by atoms with van der Waals surface area (Å²) in [4.78, 5) is 50.6. The number of nitrogens with one attached hydrogen (secondary N) is 1. The van der Waals surface area contributed by atoms with Crippen LogP contribution in [0.2, 0.25) is 0 Å². The summed E-state index contributed by atoms with van der Waals surface area (Å²) in [7, 11) is 3.40. The van der Waals surface area contributed by atoms with Gasteiger partial charge in [0.2, 0.25) is 11.8 Å². The van der Waals surface area contributed by atoms with Crippen LogP contribution in [-0.4, -0.2) is 83.7 Å². The van der Waals surface area contributed by atoms with Crippen LogP contribution in [0.15, 0.2) is 41.8 Å². The third-order valence-corrected chi connectivity index (χ3v) is 9.17. The molecular formula is C31H39N5O3S. The summed E-state index contributed by atoms with van der Waals surface area (Å²) in [5.41, 5.74) is 3.07. The predicted molar refractivity (Wildman–Crippen MR) is 159 cm³/mol. The first-order chi connectivity index (χ1) is 19.3. The topological polar surface area (TPSA) is 85.9 Å². The van der Waals surface area contributed by atoms with Gasteiger partial charge in [-0.3, -0.25) is 19.3 Å². The molecule has 3 heterocycles. The van der Waals surface area contributed by atoms with Gasteiger partial charge < -0.3 is 15.1 Å². The van der Waals surface area contributed by atoms with Crippen LogP contribution in [0, 0.1) is 5.92 Å². The number of carbonyl (C=O) groups excluding carboxylic acids is 3. The van der Waals surface area contributed by atoms with Gasteiger partial charge in [-0.1, -0.05) is 43.5 Å². The molecule has 2 fully saturated rings. The van der Waals surface area contributed by atoms with Gasteiger partial charge in [0.05, 0.1) is 34.7 Å². The molecule has 3 aromatic rings. The van der Waals surface area contributed by atoms with E-state index in [-0.39, 0.29) is 36.9 Å². The summed E-state index contributed by atoms with van der Waals surface area (Å²) in [5.74, 6) is 0.240. The van der Waals surface area contributed by atoms with Gasteiger partial charge in [0.1, 0.15) is 0 Å². The first kappa shape index (κ1) is 28.2. The number of nitrogens with zero attached hydrogens (tertiary/aromatic N) is 4. The van der Waals surface area contributed by atoms with E-state index in [1.165, 1.54) is 24.2 Å². The van der Waals surface area contributed by atoms with Crippen molar-refractivity contribution in [1.29, 1.82) is 0 Å². The third-order valence-electron chi connectivity index (χ3n) is 8.29. The van der Waals surface area contributed by atoms with E-state index in [0.717, 1.165) is 39.9 Å². The van der Waals surface area contributed by atoms with Crippen molar-refractivity contribution in [1.82, 2.24) is 25.0 Å². The molecule has 2 aromatic heterocycles. The van der Waals surface area contributed by atoms with E-state index in [9.17, 15) is 14.4 Å². The van der Waals surface area contributed by atoms with Crippen LogP contribution in [0.4, 0.5) is 0 Å². The second-order valence-corrected chi connectivity index (χ2v) is 12.2. The van der Waals surface area contributed by atoms with Crippen molar-refractivity contribution in [3.63, 3.8) is 0 Å². The fourth-order valence-electron chi connectivity index (χ4n) is 5.90. The number of aromatic nitrogens is 1. The number of hydrogen-bond donors (Lipinski definition) is 1. The van der Waals surface area contributed by atoms with Gasteiger partial charge in [-0.15, -0.1) is 11.3 Å². The van der Waals surface area contributed by atoms with Crippen LogP contribution in [0.1, 0.15) is 54.9 Å². The largest absolute Gasteiger partial charge is 0.349 e. The second kappa shape index (κ2) is 12.5. The second-order valence-electron chi connectivity index (χ2n) is 11.3. The van der Waals surface area contributed by atoms with Crippen LogP contribution < -0.4 is 5.32 Å². The maximum Gasteiger partial charge on any atom is 0.252 e. The molecule has 1 aliphatic carbocycles. The summed E-state index contributed by atoms with van der Waals surface area (Å²) in [5, 5.41) is 6.20. The maximum absolute atomic E-state index is 14.1. The standard InChI is InChI=1S/C31H39N5O3S/c1-21(22-10-5-4-6-11-22)32-31(39)29-23-12-7-8-13-25(23)33-30(26-14-9-17-40-26)24(29)18-35-15-16-36(28(38)19-35)20-27(37)34(2)3/h7-9,12-14,17,21-22H,4-6,10-11,15-16,18-20H2,1-3H3,(H,32,39). The minimum Gasteiger partial charge on any atom is -0.349 e. The molecule has 2 aliphatic rings. The molecule has 1 N–H and O–H groups in total. The van der Waals surface area contributed by atoms with E-state index >= 15 is 0 Å². The summed E-state index contributed by atoms with van der Waals surface area (Å²) in [6.45, 7) is 3.91. The Kier molecular flexibility index (Phi) is 8.81. The molecule has 8 nitrogen and oxygen atoms in total. The number of rotatable bonds is 8. The van der Waals surface area contributed by atoms with E-state index < -0.39 is 0 Å². The Morgan fingerprint density at radius 3 is 2.58 bits per heavy atom. The van der Waals surface area contributed by atoms with Gasteiger partial charge in [-0.25, -0.2) is 4.98 Å². The van der Waals surface area contributed by atoms with Gasteiger partial charge in [0.15, 0.2) is 0 Å². The summed E-state index contributed by atoms with van der Waals surface area (Å²) in [6.07, 6.45) is 6.01. The first-order valence-electron chi connectivity index (χ1n) is 14.3. The van der Waals surface area contributed by atoms with Crippen LogP contribution in [-0.2, 0) is 16.1 Å². The summed E-state index contributed by atoms with van der Waals surface area (Å²) >= 11 is 1.60. The van der Waals surface area contributed by atoms with Crippen LogP contribution >= 0.6 is 11.3 Å². The molecule has 0 spiro atoms. The SMILES string of the molecule is CC(NC(=O)c1c(CN2CCN(CC(=O)N(C)C)C(=O)C2)c(-c2cccs2)nc2ccccc12)C1CCCCC1. The number of likely N-dealkylation sites (N-methyl/N-ethyl adjacent to an activating group) is 1. The molecule has 1 atom stereocenters. The minimum absolute atomic E-state index is 0.0778. The van der Waals surface area contributed by atoms with Crippen molar-refractivity contribution in [3.8, 4) is 10.6 Å². The smallest absolute Gasteiger partial charge is 0.252 e. The molecule has 1 aliphatic heterocycles. The molecule has 1 aromatic carbocycles. The number of amides is 3. The fourth-order valence-corrected chi connectivity index (χ4v) is 6.64. The van der Waals surface area contributed by atoms with Crippen molar-refractivity contribution in [2.45, 2.75) is 51.6 Å². The number of para-hydroxylation sites is 1. The minimum atomic E-state index is -0.0912. The van der Waals surface area contributed by atoms with Crippen LogP contribution in [0.5, 0.6) is 0 Å². The fraction of sp³-hybridized carbons (Fsp3) is 0.484. The third kappa shape index (κ3) is 6.20. The van der Waals surface area contributed by atoms with Crippen LogP contribution in [0.3, 0.4) is 0 Å². The van der Waals surface area contributed by atoms with E-state index in [2.05, 4.69) is 17.1 Å². The average Bonchev–Trinajstić information content (AvgIpc) is 3.49. The Morgan fingerprint density at radius 2 is 1.88 bits per heavy atom. The number of fused-ring (bicyclic) bond motifs is 1. The van der Waals surface area contributed by atoms with E-state index in [4.69, 9.17) is 4.98 Å². The highest BCUT2D eigenvalue weighted by molar-refractivity contribution is 7.13. The Bertz CT molecular complexity index is 1370. The zero-order chi connectivity index (χ0) is 28.2. The van der Waals surface area contributed by atoms with Gasteiger partial charge in [0.25, 0.3) is 5.91 Å². The Morgan fingerprint density at radius 1 is 1.10 bits per heavy atom. The van der Waals surface area contributed by atoms with Crippen molar-refractivity contribution < 1.29 is 14.4 Å². The van der Waals surface area contributed by atoms with E-state index in [1.54, 1.807) is 30.3 Å². The van der Waals surface area contributed by atoms with Gasteiger partial charge in [-0.05, 0) is 43.2 Å². The molecule has 1 unspecified atom stereocenters. The van der Waals surface area contributed by atoms with Gasteiger partial charge >= 0.3 is 0 Å². The van der Waals surface area contributed by atoms with Gasteiger partial charge in [-0.2, -0.15) is 0 Å². The molecule has 0 bridgehead atoms. The Balaban J connectivity index is 1.48. The number of benzene rings is 1. The number of pyridine rings is 1. The lowest BCUT2D eigenvalue weighted by atomic mass is 9.84. The molecular weight excluding hydrogens is 522 g/mol. The highest BCUT2D eigenvalue weighted by Gasteiger charge is 2.30. The monoisotopic (exact) mass is 561 g/mol. The molecule has 1 saturated carbocycles. The average molecular weight is 562 g/mol. The predicted octanol–water partition coefficient (Wildman–Crippen LogP) is 4.39. The zero-order valence-corrected chi connectivity index (χ0v) is 24.5. The lowest BCUT2D eigenvalue weighted by Gasteiger charge is -2.35. The van der Waals surface area contributed by atoms with Crippen LogP contribution in [0.25, 0.3) is 21.5 Å². The number of carbonyl (C=O) groups is 3. The molecule has 9 heteroatoms. The lowest BCUT2D eigenvalue weighted by Crippen LogP contribution is -2.52. The molecule has 1 saturated heterocycles. The number of thiophene rings is 1. The maximum atomic E-state index is 14.1. The summed E-state index contributed by atoms with van der Waals surface area (Å²) < 4.78 is 0. The van der Waals surface area contributed by atoms with Crippen molar-refractivity contribution >= 4 is 40.0 Å². The normalized spacial score (nSPS) is 17.7. The summed E-state index contributed by atoms with van der Waals surface area (Å²) in [6, 6.07) is 11.9. The molecule has 212 valence electrons. The molecule has 0 radical (unpaired) electrons. The van der Waals surface area contributed by atoms with Crippen molar-refractivity contribution in [3.05, 3.63) is 52.9 Å². The van der Waals surface area contributed by atoms with Gasteiger partial charge in [0, 0.05) is 50.7 Å². The van der Waals surface area contributed by atoms with E-state index in [0.29, 0.717) is 31.1 Å². The molecule has 3 amide bonds. The lowest BCUT2D eigenvalue weighted by molar-refractivity contribution is -0.142. The molecule has 5 rings (SSSR count). The quantitative estimate of drug-likeness (QED) is 0.441.